The van der Waals surface area contributed by atoms with Gasteiger partial charge >= 0.3 is 6.03 Å². The van der Waals surface area contributed by atoms with Crippen LogP contribution < -0.4 is 5.32 Å². The second kappa shape index (κ2) is 3.55. The number of imide groups is 1. The predicted molar refractivity (Wildman–Crippen MR) is 39.9 cm³/mol. The number of hydrogen-bond donors (Lipinski definition) is 1. The molecule has 0 aromatic carbocycles. The fourth-order valence-corrected chi connectivity index (χ4v) is 0.781. The van der Waals surface area contributed by atoms with Gasteiger partial charge < -0.3 is 4.90 Å². The molecule has 1 aliphatic rings. The Labute approximate surface area is 74.3 Å². The summed E-state index contributed by atoms with van der Waals surface area (Å²) in [5, 5.41) is 18.4. The first kappa shape index (κ1) is 9.01. The van der Waals surface area contributed by atoms with Crippen molar-refractivity contribution in [1.29, 1.82) is 10.5 Å². The van der Waals surface area contributed by atoms with Crippen LogP contribution in [0.25, 0.3) is 0 Å². The number of nitriles is 2. The Morgan fingerprint density at radius 3 is 2.69 bits per heavy atom. The van der Waals surface area contributed by atoms with E-state index >= 15 is 0 Å². The summed E-state index contributed by atoms with van der Waals surface area (Å²) in [6.07, 6.45) is -0.350. The van der Waals surface area contributed by atoms with Crippen molar-refractivity contribution in [2.24, 2.45) is 0 Å². The zero-order valence-electron chi connectivity index (χ0n) is 6.65. The van der Waals surface area contributed by atoms with E-state index in [1.165, 1.54) is 4.90 Å². The molecule has 0 bridgehead atoms. The average Bonchev–Trinajstić information content (AvgIpc) is 2.82. The van der Waals surface area contributed by atoms with Crippen LogP contribution in [-0.4, -0.2) is 29.4 Å². The van der Waals surface area contributed by atoms with E-state index in [2.05, 4.69) is 0 Å². The van der Waals surface area contributed by atoms with Gasteiger partial charge in [-0.25, -0.2) is 4.79 Å². The molecular weight excluding hydrogens is 172 g/mol. The minimum atomic E-state index is -0.643. The topological polar surface area (TPSA) is 96.8 Å². The van der Waals surface area contributed by atoms with Crippen molar-refractivity contribution in [3.8, 4) is 12.1 Å². The van der Waals surface area contributed by atoms with Gasteiger partial charge in [0.1, 0.15) is 12.5 Å². The summed E-state index contributed by atoms with van der Waals surface area (Å²) in [5.74, 6) is -0.643. The molecule has 1 rings (SSSR count). The number of nitrogens with one attached hydrogen (secondary N) is 1. The van der Waals surface area contributed by atoms with Gasteiger partial charge in [-0.2, -0.15) is 10.5 Å². The van der Waals surface area contributed by atoms with E-state index in [-0.39, 0.29) is 6.42 Å². The summed E-state index contributed by atoms with van der Waals surface area (Å²) >= 11 is 0. The first-order valence-electron chi connectivity index (χ1n) is 3.56. The van der Waals surface area contributed by atoms with E-state index in [1.807, 2.05) is 11.4 Å². The van der Waals surface area contributed by atoms with Crippen molar-refractivity contribution < 1.29 is 9.59 Å². The fraction of sp³-hybridized carbons (Fsp3) is 0.429. The van der Waals surface area contributed by atoms with E-state index < -0.39 is 18.0 Å². The van der Waals surface area contributed by atoms with Gasteiger partial charge in [-0.15, -0.1) is 0 Å². The normalized spacial score (nSPS) is 18.3. The monoisotopic (exact) mass is 178 g/mol. The molecule has 1 saturated heterocycles. The molecule has 3 amide bonds. The van der Waals surface area contributed by atoms with Crippen LogP contribution in [0.15, 0.2) is 0 Å². The molecule has 6 heteroatoms. The molecule has 1 atom stereocenters. The van der Waals surface area contributed by atoms with Crippen LogP contribution in [0.5, 0.6) is 0 Å². The first-order chi connectivity index (χ1) is 6.19. The van der Waals surface area contributed by atoms with Crippen molar-refractivity contribution in [1.82, 2.24) is 10.2 Å². The lowest BCUT2D eigenvalue weighted by Crippen LogP contribution is -2.34. The van der Waals surface area contributed by atoms with Crippen LogP contribution in [0.1, 0.15) is 6.42 Å². The van der Waals surface area contributed by atoms with Gasteiger partial charge in [0, 0.05) is 0 Å². The third-order valence-electron chi connectivity index (χ3n) is 1.51. The molecule has 0 radical (unpaired) electrons. The van der Waals surface area contributed by atoms with E-state index in [0.29, 0.717) is 6.54 Å². The molecule has 0 spiro atoms. The molecule has 0 saturated carbocycles. The van der Waals surface area contributed by atoms with Gasteiger partial charge in [-0.1, -0.05) is 0 Å². The van der Waals surface area contributed by atoms with E-state index in [4.69, 9.17) is 10.5 Å². The van der Waals surface area contributed by atoms with Gasteiger partial charge in [0.25, 0.3) is 0 Å². The number of carbonyl (C=O) groups is 2. The summed E-state index contributed by atoms with van der Waals surface area (Å²) in [4.78, 5) is 22.9. The average molecular weight is 178 g/mol. The lowest BCUT2D eigenvalue weighted by molar-refractivity contribution is -0.119. The van der Waals surface area contributed by atoms with Crippen LogP contribution in [0.2, 0.25) is 0 Å². The molecule has 1 heterocycles. The maximum atomic E-state index is 11.0. The molecular formula is C7H6N4O2. The summed E-state index contributed by atoms with van der Waals surface area (Å²) in [6.45, 7) is 0.349. The lowest BCUT2D eigenvalue weighted by Gasteiger charge is -2.00. The Kier molecular flexibility index (Phi) is 2.46. The molecule has 1 N–H and O–H groups in total. The number of urea groups is 1. The van der Waals surface area contributed by atoms with E-state index in [9.17, 15) is 9.59 Å². The zero-order valence-corrected chi connectivity index (χ0v) is 6.65. The first-order valence-corrected chi connectivity index (χ1v) is 3.56. The van der Waals surface area contributed by atoms with Gasteiger partial charge in [-0.05, 0) is 0 Å². The van der Waals surface area contributed by atoms with Crippen molar-refractivity contribution in [2.45, 2.75) is 12.5 Å². The smallest absolute Gasteiger partial charge is 0.303 e. The summed E-state index contributed by atoms with van der Waals surface area (Å²) in [7, 11) is 0. The van der Waals surface area contributed by atoms with Crippen LogP contribution in [0.3, 0.4) is 0 Å². The van der Waals surface area contributed by atoms with Crippen LogP contribution in [0, 0.1) is 22.7 Å². The Morgan fingerprint density at radius 1 is 1.54 bits per heavy atom. The lowest BCUT2D eigenvalue weighted by atomic mass is 10.4. The van der Waals surface area contributed by atoms with Crippen molar-refractivity contribution in [3.63, 3.8) is 0 Å². The summed E-state index contributed by atoms with van der Waals surface area (Å²) in [6, 6.07) is 2.45. The highest BCUT2D eigenvalue weighted by Gasteiger charge is 2.39. The number of hydrogen-bond acceptors (Lipinski definition) is 4. The molecule has 1 fully saturated rings. The van der Waals surface area contributed by atoms with Crippen molar-refractivity contribution in [2.75, 3.05) is 6.54 Å². The van der Waals surface area contributed by atoms with E-state index in [1.54, 1.807) is 6.07 Å². The quantitative estimate of drug-likeness (QED) is 0.539. The molecule has 0 aromatic heterocycles. The molecule has 66 valence electrons. The second-order valence-electron chi connectivity index (χ2n) is 2.49. The second-order valence-corrected chi connectivity index (χ2v) is 2.49. The minimum Gasteiger partial charge on any atom is -0.303 e. The molecule has 0 aromatic rings. The number of amides is 3. The van der Waals surface area contributed by atoms with Gasteiger partial charge in [0.2, 0.25) is 5.91 Å². The number of nitrogens with zero attached hydrogens (tertiary/aromatic N) is 3. The summed E-state index contributed by atoms with van der Waals surface area (Å²) < 4.78 is 0. The Bertz CT molecular complexity index is 324. The molecule has 1 unspecified atom stereocenters. The third kappa shape index (κ3) is 2.17. The largest absolute Gasteiger partial charge is 0.325 e. The molecule has 13 heavy (non-hydrogen) atoms. The van der Waals surface area contributed by atoms with Gasteiger partial charge in [-0.3, -0.25) is 10.1 Å². The van der Waals surface area contributed by atoms with Crippen molar-refractivity contribution in [3.05, 3.63) is 0 Å². The SMILES string of the molecule is N#CCC(=O)NC(=O)N1CC1C#N. The number of rotatable bonds is 1. The van der Waals surface area contributed by atoms with Gasteiger partial charge in [0.05, 0.1) is 18.7 Å². The number of carbonyl (C=O) groups excluding carboxylic acids is 2. The maximum absolute atomic E-state index is 11.0. The maximum Gasteiger partial charge on any atom is 0.325 e. The van der Waals surface area contributed by atoms with Crippen LogP contribution in [0.4, 0.5) is 4.79 Å². The predicted octanol–water partition coefficient (Wildman–Crippen LogP) is -0.656. The van der Waals surface area contributed by atoms with Crippen molar-refractivity contribution >= 4 is 11.9 Å². The Morgan fingerprint density at radius 2 is 2.23 bits per heavy atom. The molecule has 6 nitrogen and oxygen atoms in total. The summed E-state index contributed by atoms with van der Waals surface area (Å²) in [5.41, 5.74) is 0. The standard InChI is InChI=1S/C7H6N4O2/c8-2-1-6(12)10-7(13)11-4-5(11)3-9/h5H,1,4H2,(H,10,12,13). The highest BCUT2D eigenvalue weighted by Crippen LogP contribution is 2.15. The van der Waals surface area contributed by atoms with Crippen LogP contribution >= 0.6 is 0 Å². The molecule has 1 aliphatic heterocycles. The van der Waals surface area contributed by atoms with E-state index in [0.717, 1.165) is 0 Å². The zero-order chi connectivity index (χ0) is 9.84. The Hall–Kier alpha value is -2.08. The highest BCUT2D eigenvalue weighted by atomic mass is 16.2. The Balaban J connectivity index is 2.33. The highest BCUT2D eigenvalue weighted by molar-refractivity contribution is 5.96. The fourth-order valence-electron chi connectivity index (χ4n) is 0.781. The van der Waals surface area contributed by atoms with Gasteiger partial charge in [0.15, 0.2) is 0 Å². The minimum absolute atomic E-state index is 0.349. The van der Waals surface area contributed by atoms with Crippen LogP contribution in [-0.2, 0) is 4.79 Å². The third-order valence-corrected chi connectivity index (χ3v) is 1.51. The molecule has 0 aliphatic carbocycles.